The average Bonchev–Trinajstić information content (AvgIpc) is 3.49. The molecule has 5 aliphatic rings. The lowest BCUT2D eigenvalue weighted by atomic mass is 9.43. The molecule has 4 aliphatic carbocycles. The third kappa shape index (κ3) is 4.50. The van der Waals surface area contributed by atoms with Crippen molar-refractivity contribution >= 4 is 17.7 Å². The van der Waals surface area contributed by atoms with Crippen molar-refractivity contribution in [2.75, 3.05) is 13.1 Å². The Hall–Kier alpha value is -1.89. The zero-order chi connectivity index (χ0) is 25.5. The summed E-state index contributed by atoms with van der Waals surface area (Å²) >= 11 is 0. The van der Waals surface area contributed by atoms with E-state index in [1.807, 2.05) is 0 Å². The smallest absolute Gasteiger partial charge is 0.331 e. The number of esters is 1. The van der Waals surface area contributed by atoms with E-state index in [-0.39, 0.29) is 17.6 Å². The van der Waals surface area contributed by atoms with Crippen LogP contribution in [0.2, 0.25) is 0 Å². The first-order valence-corrected chi connectivity index (χ1v) is 14.3. The highest BCUT2D eigenvalue weighted by Crippen LogP contribution is 2.67. The predicted molar refractivity (Wildman–Crippen MR) is 137 cm³/mol. The van der Waals surface area contributed by atoms with Gasteiger partial charge in [0.2, 0.25) is 0 Å². The van der Waals surface area contributed by atoms with Crippen molar-refractivity contribution in [1.82, 2.24) is 5.32 Å². The minimum Gasteiger partial charge on any atom is -0.478 e. The molecule has 1 unspecified atom stereocenters. The van der Waals surface area contributed by atoms with E-state index in [9.17, 15) is 9.59 Å². The number of oxime groups is 1. The Labute approximate surface area is 215 Å². The first-order valence-electron chi connectivity index (χ1n) is 14.3. The Morgan fingerprint density at radius 3 is 2.53 bits per heavy atom. The quantitative estimate of drug-likeness (QED) is 0.304. The number of carboxylic acid groups (broad SMARTS) is 1. The molecule has 4 saturated carbocycles. The molecule has 5 fully saturated rings. The minimum absolute atomic E-state index is 0.00825. The summed E-state index contributed by atoms with van der Waals surface area (Å²) in [5, 5.41) is 17.0. The number of hydrogen-bond donors (Lipinski definition) is 2. The van der Waals surface area contributed by atoms with Gasteiger partial charge >= 0.3 is 11.9 Å². The van der Waals surface area contributed by atoms with Crippen LogP contribution >= 0.6 is 0 Å². The molecule has 0 aromatic heterocycles. The molecular weight excluding hydrogens is 456 g/mol. The SMILES string of the molecule is CC[C@@H]1/C(=N/O[C@@H]2CCNC2)CC[C@@]2(C)C1CC[C@H]1[C@@H]3CC[C@H](OC(=O)/C=C/C(=O)O)[C@@]3(C)CC[C@@H]12. The molecule has 0 aromatic rings. The fraction of sp³-hybridized carbons (Fsp3) is 0.828. The van der Waals surface area contributed by atoms with Crippen molar-refractivity contribution in [2.24, 2.45) is 45.6 Å². The molecule has 9 atom stereocenters. The van der Waals surface area contributed by atoms with Gasteiger partial charge in [-0.15, -0.1) is 0 Å². The molecule has 0 aromatic carbocycles. The average molecular weight is 501 g/mol. The summed E-state index contributed by atoms with van der Waals surface area (Å²) in [4.78, 5) is 29.1. The first-order chi connectivity index (χ1) is 17.3. The molecule has 0 radical (unpaired) electrons. The summed E-state index contributed by atoms with van der Waals surface area (Å²) in [6, 6.07) is 0. The number of ether oxygens (including phenoxy) is 1. The normalized spacial score (nSPS) is 45.2. The fourth-order valence-electron chi connectivity index (χ4n) is 9.29. The monoisotopic (exact) mass is 500 g/mol. The standard InChI is InChI=1S/C29H44N2O5/c1-4-19-21-6-5-20-22-7-8-25(35-27(34)10-9-26(32)33)29(22,3)14-11-23(20)28(21,2)15-12-24(19)31-36-18-13-16-30-17-18/h9-10,18-23,25,30H,4-8,11-17H2,1-3H3,(H,32,33)/b10-9+,31-24+/t18-,19+,20+,21?,22+,23+,25+,28+,29+/m1/s1. The predicted octanol–water partition coefficient (Wildman–Crippen LogP) is 4.95. The third-order valence-corrected chi connectivity index (χ3v) is 11.1. The van der Waals surface area contributed by atoms with Gasteiger partial charge in [-0.25, -0.2) is 9.59 Å². The number of nitrogens with zero attached hydrogens (tertiary/aromatic N) is 1. The molecule has 7 heteroatoms. The van der Waals surface area contributed by atoms with E-state index in [0.29, 0.717) is 35.0 Å². The highest BCUT2D eigenvalue weighted by atomic mass is 16.6. The first kappa shape index (κ1) is 25.7. The second kappa shape index (κ2) is 10.1. The van der Waals surface area contributed by atoms with E-state index in [1.165, 1.54) is 31.4 Å². The van der Waals surface area contributed by atoms with E-state index in [1.54, 1.807) is 0 Å². The lowest BCUT2D eigenvalue weighted by Gasteiger charge is -2.61. The summed E-state index contributed by atoms with van der Waals surface area (Å²) in [5.41, 5.74) is 1.62. The van der Waals surface area contributed by atoms with Gasteiger partial charge in [0.25, 0.3) is 0 Å². The Morgan fingerprint density at radius 2 is 1.81 bits per heavy atom. The van der Waals surface area contributed by atoms with Gasteiger partial charge in [-0.05, 0) is 93.4 Å². The number of aliphatic carboxylic acids is 1. The van der Waals surface area contributed by atoms with Crippen molar-refractivity contribution in [3.8, 4) is 0 Å². The Bertz CT molecular complexity index is 911. The van der Waals surface area contributed by atoms with Crippen LogP contribution in [0.1, 0.15) is 85.0 Å². The van der Waals surface area contributed by atoms with Crippen molar-refractivity contribution < 1.29 is 24.3 Å². The van der Waals surface area contributed by atoms with Crippen LogP contribution in [0.4, 0.5) is 0 Å². The van der Waals surface area contributed by atoms with Crippen molar-refractivity contribution in [3.05, 3.63) is 12.2 Å². The zero-order valence-corrected chi connectivity index (χ0v) is 22.2. The Morgan fingerprint density at radius 1 is 1.03 bits per heavy atom. The van der Waals surface area contributed by atoms with Gasteiger partial charge in [-0.1, -0.05) is 25.9 Å². The highest BCUT2D eigenvalue weighted by Gasteiger charge is 2.62. The Kier molecular flexibility index (Phi) is 7.23. The number of fused-ring (bicyclic) bond motifs is 5. The van der Waals surface area contributed by atoms with E-state index >= 15 is 0 Å². The van der Waals surface area contributed by atoms with Crippen molar-refractivity contribution in [1.29, 1.82) is 0 Å². The molecule has 0 spiro atoms. The number of rotatable bonds is 6. The molecule has 5 rings (SSSR count). The van der Waals surface area contributed by atoms with Gasteiger partial charge < -0.3 is 20.0 Å². The molecule has 1 heterocycles. The van der Waals surface area contributed by atoms with Crippen LogP contribution in [0.5, 0.6) is 0 Å². The summed E-state index contributed by atoms with van der Waals surface area (Å²) in [6.45, 7) is 9.15. The maximum atomic E-state index is 12.3. The van der Waals surface area contributed by atoms with Gasteiger partial charge in [0.15, 0.2) is 0 Å². The zero-order valence-electron chi connectivity index (χ0n) is 22.2. The maximum absolute atomic E-state index is 12.3. The van der Waals surface area contributed by atoms with Crippen LogP contribution in [0.3, 0.4) is 0 Å². The van der Waals surface area contributed by atoms with Gasteiger partial charge in [0, 0.05) is 36.5 Å². The topological polar surface area (TPSA) is 97.2 Å². The number of hydrogen-bond acceptors (Lipinski definition) is 6. The van der Waals surface area contributed by atoms with Gasteiger partial charge in [0.05, 0.1) is 5.71 Å². The van der Waals surface area contributed by atoms with Crippen LogP contribution in [-0.2, 0) is 19.2 Å². The van der Waals surface area contributed by atoms with Crippen LogP contribution in [0.15, 0.2) is 17.3 Å². The molecule has 36 heavy (non-hydrogen) atoms. The van der Waals surface area contributed by atoms with E-state index in [2.05, 4.69) is 26.1 Å². The third-order valence-electron chi connectivity index (χ3n) is 11.1. The molecule has 200 valence electrons. The van der Waals surface area contributed by atoms with E-state index < -0.39 is 11.9 Å². The number of carboxylic acids is 1. The van der Waals surface area contributed by atoms with Crippen LogP contribution in [0.25, 0.3) is 0 Å². The summed E-state index contributed by atoms with van der Waals surface area (Å²) in [7, 11) is 0. The van der Waals surface area contributed by atoms with E-state index in [4.69, 9.17) is 19.8 Å². The van der Waals surface area contributed by atoms with Gasteiger partial charge in [-0.3, -0.25) is 0 Å². The highest BCUT2D eigenvalue weighted by molar-refractivity contribution is 5.90. The van der Waals surface area contributed by atoms with Crippen molar-refractivity contribution in [3.63, 3.8) is 0 Å². The second-order valence-corrected chi connectivity index (χ2v) is 12.6. The van der Waals surface area contributed by atoms with Crippen molar-refractivity contribution in [2.45, 2.75) is 97.2 Å². The molecule has 0 amide bonds. The minimum atomic E-state index is -1.12. The summed E-state index contributed by atoms with van der Waals surface area (Å²) in [6.07, 6.45) is 13.2. The van der Waals surface area contributed by atoms with Gasteiger partial charge in [-0.2, -0.15) is 0 Å². The molecule has 7 nitrogen and oxygen atoms in total. The lowest BCUT2D eigenvalue weighted by molar-refractivity contribution is -0.158. The molecule has 1 saturated heterocycles. The van der Waals surface area contributed by atoms with Crippen LogP contribution < -0.4 is 5.32 Å². The Balaban J connectivity index is 1.29. The second-order valence-electron chi connectivity index (χ2n) is 12.6. The maximum Gasteiger partial charge on any atom is 0.331 e. The van der Waals surface area contributed by atoms with Gasteiger partial charge in [0.1, 0.15) is 12.2 Å². The van der Waals surface area contributed by atoms with Crippen LogP contribution in [-0.4, -0.2) is 48.1 Å². The summed E-state index contributed by atoms with van der Waals surface area (Å²) in [5.74, 6) is 1.51. The number of nitrogens with one attached hydrogen (secondary N) is 1. The molecule has 1 aliphatic heterocycles. The number of carbonyl (C=O) groups is 2. The lowest BCUT2D eigenvalue weighted by Crippen LogP contribution is -2.56. The largest absolute Gasteiger partial charge is 0.478 e. The molecular formula is C29H44N2O5. The summed E-state index contributed by atoms with van der Waals surface area (Å²) < 4.78 is 5.84. The van der Waals surface area contributed by atoms with Crippen LogP contribution in [0, 0.1) is 40.4 Å². The van der Waals surface area contributed by atoms with E-state index in [0.717, 1.165) is 63.8 Å². The number of carbonyl (C=O) groups excluding carboxylic acids is 1. The fourth-order valence-corrected chi connectivity index (χ4v) is 9.29. The molecule has 2 N–H and O–H groups in total. The molecule has 0 bridgehead atoms.